The number of benzene rings is 1. The molecule has 0 aliphatic carbocycles. The Balaban J connectivity index is 1.76. The summed E-state index contributed by atoms with van der Waals surface area (Å²) < 4.78 is 2.89. The molecule has 0 radical (unpaired) electrons. The van der Waals surface area contributed by atoms with E-state index in [-0.39, 0.29) is 0 Å². The maximum absolute atomic E-state index is 4.46. The van der Waals surface area contributed by atoms with Gasteiger partial charge >= 0.3 is 0 Å². The molecule has 4 aromatic rings. The molecular formula is C19H15BrN4. The molecule has 0 saturated carbocycles. The van der Waals surface area contributed by atoms with Crippen LogP contribution in [0.15, 0.2) is 77.7 Å². The summed E-state index contributed by atoms with van der Waals surface area (Å²) in [7, 11) is 0. The topological polar surface area (TPSA) is 42.2 Å². The van der Waals surface area contributed by atoms with Crippen molar-refractivity contribution in [2.45, 2.75) is 6.54 Å². The molecule has 3 aromatic heterocycles. The van der Waals surface area contributed by atoms with Crippen molar-refractivity contribution in [2.24, 2.45) is 0 Å². The molecule has 1 aromatic carbocycles. The van der Waals surface area contributed by atoms with Crippen LogP contribution in [0.4, 0.5) is 5.82 Å². The summed E-state index contributed by atoms with van der Waals surface area (Å²) in [5, 5.41) is 7.94. The zero-order valence-corrected chi connectivity index (χ0v) is 14.4. The Hall–Kier alpha value is -2.66. The van der Waals surface area contributed by atoms with Crippen molar-refractivity contribution in [3.63, 3.8) is 0 Å². The van der Waals surface area contributed by atoms with Crippen LogP contribution >= 0.6 is 15.9 Å². The van der Waals surface area contributed by atoms with E-state index in [0.29, 0.717) is 6.54 Å². The second kappa shape index (κ2) is 6.45. The quantitative estimate of drug-likeness (QED) is 0.555. The molecule has 0 bridgehead atoms. The molecule has 0 spiro atoms. The normalized spacial score (nSPS) is 10.9. The van der Waals surface area contributed by atoms with E-state index in [1.165, 1.54) is 11.1 Å². The van der Waals surface area contributed by atoms with Crippen LogP contribution in [0.5, 0.6) is 0 Å². The SMILES string of the molecule is Brc1cnn2c(NCc3ccncc3)cc(-c3ccccc3)cc12. The maximum atomic E-state index is 4.46. The number of fused-ring (bicyclic) bond motifs is 1. The summed E-state index contributed by atoms with van der Waals surface area (Å²) >= 11 is 3.58. The molecule has 4 nitrogen and oxygen atoms in total. The van der Waals surface area contributed by atoms with Crippen molar-refractivity contribution in [3.8, 4) is 11.1 Å². The van der Waals surface area contributed by atoms with Gasteiger partial charge in [0.25, 0.3) is 0 Å². The minimum Gasteiger partial charge on any atom is -0.366 e. The minimum atomic E-state index is 0.716. The number of anilines is 1. The number of aromatic nitrogens is 3. The van der Waals surface area contributed by atoms with E-state index in [1.54, 1.807) is 12.4 Å². The minimum absolute atomic E-state index is 0.716. The number of nitrogens with one attached hydrogen (secondary N) is 1. The van der Waals surface area contributed by atoms with Crippen molar-refractivity contribution >= 4 is 27.3 Å². The van der Waals surface area contributed by atoms with Gasteiger partial charge in [0.1, 0.15) is 5.82 Å². The molecule has 3 heterocycles. The first-order valence-electron chi connectivity index (χ1n) is 7.67. The number of rotatable bonds is 4. The predicted octanol–water partition coefficient (Wildman–Crippen LogP) is 4.77. The first kappa shape index (κ1) is 14.9. The second-order valence-corrected chi connectivity index (χ2v) is 6.35. The number of hydrogen-bond acceptors (Lipinski definition) is 3. The van der Waals surface area contributed by atoms with Crippen LogP contribution in [0.25, 0.3) is 16.6 Å². The molecule has 1 N–H and O–H groups in total. The average molecular weight is 379 g/mol. The Morgan fingerprint density at radius 2 is 1.75 bits per heavy atom. The van der Waals surface area contributed by atoms with Gasteiger partial charge in [0, 0.05) is 18.9 Å². The summed E-state index contributed by atoms with van der Waals surface area (Å²) in [4.78, 5) is 4.06. The summed E-state index contributed by atoms with van der Waals surface area (Å²) in [6, 6.07) is 18.6. The Morgan fingerprint density at radius 1 is 0.958 bits per heavy atom. The average Bonchev–Trinajstić information content (AvgIpc) is 3.02. The number of pyridine rings is 2. The van der Waals surface area contributed by atoms with Crippen LogP contribution in [0.3, 0.4) is 0 Å². The lowest BCUT2D eigenvalue weighted by Crippen LogP contribution is -2.05. The summed E-state index contributed by atoms with van der Waals surface area (Å²) in [5.74, 6) is 0.953. The highest BCUT2D eigenvalue weighted by Gasteiger charge is 2.09. The van der Waals surface area contributed by atoms with Crippen LogP contribution in [0.2, 0.25) is 0 Å². The van der Waals surface area contributed by atoms with E-state index in [0.717, 1.165) is 21.4 Å². The fourth-order valence-corrected chi connectivity index (χ4v) is 3.05. The van der Waals surface area contributed by atoms with E-state index < -0.39 is 0 Å². The van der Waals surface area contributed by atoms with Gasteiger partial charge in [-0.05, 0) is 56.9 Å². The number of hydrogen-bond donors (Lipinski definition) is 1. The molecule has 4 rings (SSSR count). The van der Waals surface area contributed by atoms with E-state index in [2.05, 4.69) is 67.7 Å². The van der Waals surface area contributed by atoms with Crippen LogP contribution < -0.4 is 5.32 Å². The molecule has 0 unspecified atom stereocenters. The van der Waals surface area contributed by atoms with Gasteiger partial charge in [-0.3, -0.25) is 4.98 Å². The van der Waals surface area contributed by atoms with Crippen molar-refractivity contribution < 1.29 is 0 Å². The van der Waals surface area contributed by atoms with E-state index in [4.69, 9.17) is 0 Å². The van der Waals surface area contributed by atoms with Crippen LogP contribution in [-0.4, -0.2) is 14.6 Å². The Labute approximate surface area is 148 Å². The molecule has 0 atom stereocenters. The summed E-state index contributed by atoms with van der Waals surface area (Å²) in [6.45, 7) is 0.716. The van der Waals surface area contributed by atoms with Gasteiger partial charge in [-0.25, -0.2) is 4.52 Å². The van der Waals surface area contributed by atoms with Crippen molar-refractivity contribution in [1.29, 1.82) is 0 Å². The van der Waals surface area contributed by atoms with E-state index >= 15 is 0 Å². The third-order valence-corrected chi connectivity index (χ3v) is 4.51. The fraction of sp³-hybridized carbons (Fsp3) is 0.0526. The monoisotopic (exact) mass is 378 g/mol. The summed E-state index contributed by atoms with van der Waals surface area (Å²) in [6.07, 6.45) is 5.43. The van der Waals surface area contributed by atoms with Gasteiger partial charge in [0.15, 0.2) is 0 Å². The maximum Gasteiger partial charge on any atom is 0.129 e. The van der Waals surface area contributed by atoms with Crippen molar-refractivity contribution in [3.05, 3.63) is 83.2 Å². The van der Waals surface area contributed by atoms with Gasteiger partial charge in [-0.1, -0.05) is 30.3 Å². The number of nitrogens with zero attached hydrogens (tertiary/aromatic N) is 3. The molecule has 24 heavy (non-hydrogen) atoms. The largest absolute Gasteiger partial charge is 0.366 e. The van der Waals surface area contributed by atoms with Gasteiger partial charge in [-0.15, -0.1) is 0 Å². The predicted molar refractivity (Wildman–Crippen MR) is 99.9 cm³/mol. The van der Waals surface area contributed by atoms with Crippen LogP contribution in [0, 0.1) is 0 Å². The highest BCUT2D eigenvalue weighted by Crippen LogP contribution is 2.29. The first-order valence-corrected chi connectivity index (χ1v) is 8.46. The lowest BCUT2D eigenvalue weighted by Gasteiger charge is -2.12. The van der Waals surface area contributed by atoms with E-state index in [1.807, 2.05) is 28.9 Å². The molecule has 0 aliphatic heterocycles. The zero-order chi connectivity index (χ0) is 16.4. The van der Waals surface area contributed by atoms with Crippen LogP contribution in [-0.2, 0) is 6.54 Å². The van der Waals surface area contributed by atoms with Gasteiger partial charge in [0.2, 0.25) is 0 Å². The van der Waals surface area contributed by atoms with Gasteiger partial charge < -0.3 is 5.32 Å². The third-order valence-electron chi connectivity index (χ3n) is 3.90. The first-order chi connectivity index (χ1) is 11.8. The number of halogens is 1. The van der Waals surface area contributed by atoms with Gasteiger partial charge in [0.05, 0.1) is 16.2 Å². The molecule has 0 aliphatic rings. The Bertz CT molecular complexity index is 965. The molecule has 0 fully saturated rings. The van der Waals surface area contributed by atoms with Crippen molar-refractivity contribution in [1.82, 2.24) is 14.6 Å². The summed E-state index contributed by atoms with van der Waals surface area (Å²) in [5.41, 5.74) is 4.55. The van der Waals surface area contributed by atoms with Crippen molar-refractivity contribution in [2.75, 3.05) is 5.32 Å². The zero-order valence-electron chi connectivity index (χ0n) is 12.9. The standard InChI is InChI=1S/C19H15BrN4/c20-17-13-23-24-18(17)10-16(15-4-2-1-3-5-15)11-19(24)22-12-14-6-8-21-9-7-14/h1-11,13,22H,12H2. The lowest BCUT2D eigenvalue weighted by atomic mass is 10.1. The molecule has 5 heteroatoms. The Kier molecular flexibility index (Phi) is 4.01. The highest BCUT2D eigenvalue weighted by atomic mass is 79.9. The second-order valence-electron chi connectivity index (χ2n) is 5.49. The third kappa shape index (κ3) is 2.90. The molecule has 118 valence electrons. The smallest absolute Gasteiger partial charge is 0.129 e. The fourth-order valence-electron chi connectivity index (χ4n) is 2.67. The lowest BCUT2D eigenvalue weighted by molar-refractivity contribution is 0.943. The van der Waals surface area contributed by atoms with Gasteiger partial charge in [-0.2, -0.15) is 5.10 Å². The van der Waals surface area contributed by atoms with E-state index in [9.17, 15) is 0 Å². The van der Waals surface area contributed by atoms with Crippen LogP contribution in [0.1, 0.15) is 5.56 Å². The highest BCUT2D eigenvalue weighted by molar-refractivity contribution is 9.10. The molecule has 0 amide bonds. The Morgan fingerprint density at radius 3 is 2.54 bits per heavy atom. The molecule has 0 saturated heterocycles. The molecular weight excluding hydrogens is 364 g/mol.